The Kier molecular flexibility index (Phi) is 3.06. The van der Waals surface area contributed by atoms with Gasteiger partial charge in [0.25, 0.3) is 0 Å². The Morgan fingerprint density at radius 2 is 2.12 bits per heavy atom. The van der Waals surface area contributed by atoms with Gasteiger partial charge in [-0.3, -0.25) is 0 Å². The van der Waals surface area contributed by atoms with Crippen LogP contribution in [0.25, 0.3) is 6.08 Å². The molecule has 92 valence electrons. The van der Waals surface area contributed by atoms with Gasteiger partial charge in [0, 0.05) is 0 Å². The first kappa shape index (κ1) is 11.1. The zero-order chi connectivity index (χ0) is 11.7. The fourth-order valence-electron chi connectivity index (χ4n) is 3.50. The van der Waals surface area contributed by atoms with Crippen LogP contribution < -0.4 is 0 Å². The normalized spacial score (nSPS) is 35.8. The Balaban J connectivity index is 1.79. The summed E-state index contributed by atoms with van der Waals surface area (Å²) in [5.41, 5.74) is 1.17. The predicted molar refractivity (Wildman–Crippen MR) is 67.4 cm³/mol. The monoisotopic (exact) mass is 232 g/mol. The van der Waals surface area contributed by atoms with Crippen LogP contribution in [-0.2, 0) is 0 Å². The second kappa shape index (κ2) is 4.69. The van der Waals surface area contributed by atoms with E-state index >= 15 is 0 Å². The number of hydrogen-bond donors (Lipinski definition) is 1. The second-order valence-corrected chi connectivity index (χ2v) is 5.43. The lowest BCUT2D eigenvalue weighted by atomic mass is 9.68. The maximum atomic E-state index is 10.5. The maximum Gasteiger partial charge on any atom is 0.126 e. The van der Waals surface area contributed by atoms with Gasteiger partial charge in [-0.05, 0) is 54.9 Å². The molecule has 2 saturated carbocycles. The molecule has 1 aromatic rings. The lowest BCUT2D eigenvalue weighted by Gasteiger charge is -2.40. The summed E-state index contributed by atoms with van der Waals surface area (Å²) in [5, 5.41) is 10.5. The van der Waals surface area contributed by atoms with Gasteiger partial charge in [0.1, 0.15) is 5.76 Å². The Morgan fingerprint density at radius 1 is 1.24 bits per heavy atom. The summed E-state index contributed by atoms with van der Waals surface area (Å²) < 4.78 is 5.33. The van der Waals surface area contributed by atoms with Crippen molar-refractivity contribution in [2.24, 2.45) is 11.8 Å². The molecule has 2 aliphatic carbocycles. The van der Waals surface area contributed by atoms with E-state index in [4.69, 9.17) is 4.42 Å². The number of furan rings is 1. The lowest BCUT2D eigenvalue weighted by molar-refractivity contribution is 0.0482. The van der Waals surface area contributed by atoms with Crippen LogP contribution in [0, 0.1) is 11.8 Å². The number of hydrogen-bond acceptors (Lipinski definition) is 2. The summed E-state index contributed by atoms with van der Waals surface area (Å²) >= 11 is 0. The molecule has 0 saturated heterocycles. The average molecular weight is 232 g/mol. The highest BCUT2D eigenvalue weighted by molar-refractivity contribution is 5.49. The Hall–Kier alpha value is -1.02. The summed E-state index contributed by atoms with van der Waals surface area (Å²) in [7, 11) is 0. The van der Waals surface area contributed by atoms with Gasteiger partial charge in [-0.2, -0.15) is 0 Å². The van der Waals surface area contributed by atoms with Crippen molar-refractivity contribution in [2.75, 3.05) is 0 Å². The first-order valence-corrected chi connectivity index (χ1v) is 6.76. The molecule has 2 nitrogen and oxygen atoms in total. The van der Waals surface area contributed by atoms with Crippen molar-refractivity contribution in [3.63, 3.8) is 0 Å². The van der Waals surface area contributed by atoms with Gasteiger partial charge in [0.15, 0.2) is 0 Å². The van der Waals surface area contributed by atoms with Crippen LogP contribution in [0.1, 0.15) is 44.3 Å². The van der Waals surface area contributed by atoms with Gasteiger partial charge < -0.3 is 9.52 Å². The van der Waals surface area contributed by atoms with Gasteiger partial charge in [-0.1, -0.05) is 19.3 Å². The summed E-state index contributed by atoms with van der Waals surface area (Å²) in [4.78, 5) is 0. The molecule has 1 heterocycles. The molecular weight excluding hydrogens is 212 g/mol. The Labute approximate surface area is 102 Å². The van der Waals surface area contributed by atoms with Gasteiger partial charge in [0.2, 0.25) is 0 Å². The molecule has 3 unspecified atom stereocenters. The van der Waals surface area contributed by atoms with E-state index in [1.165, 1.54) is 37.7 Å². The smallest absolute Gasteiger partial charge is 0.126 e. The first-order valence-electron chi connectivity index (χ1n) is 6.76. The number of aliphatic hydroxyl groups is 1. The predicted octanol–water partition coefficient (Wildman–Crippen LogP) is 3.62. The molecule has 3 rings (SSSR count). The minimum absolute atomic E-state index is 0.237. The SMILES string of the molecule is OC1/C(=C/c2ccco2)CCC2CCCCC21. The van der Waals surface area contributed by atoms with E-state index in [9.17, 15) is 5.11 Å². The third kappa shape index (κ3) is 2.19. The molecule has 2 fully saturated rings. The molecule has 0 radical (unpaired) electrons. The van der Waals surface area contributed by atoms with E-state index in [0.717, 1.165) is 18.1 Å². The molecule has 2 heteroatoms. The second-order valence-electron chi connectivity index (χ2n) is 5.43. The van der Waals surface area contributed by atoms with Crippen molar-refractivity contribution in [3.8, 4) is 0 Å². The molecular formula is C15H20O2. The molecule has 0 amide bonds. The third-order valence-electron chi connectivity index (χ3n) is 4.43. The summed E-state index contributed by atoms with van der Waals surface area (Å²) in [6.45, 7) is 0. The van der Waals surface area contributed by atoms with E-state index in [1.54, 1.807) is 6.26 Å². The fourth-order valence-corrected chi connectivity index (χ4v) is 3.50. The largest absolute Gasteiger partial charge is 0.465 e. The van der Waals surface area contributed by atoms with Crippen molar-refractivity contribution in [3.05, 3.63) is 29.7 Å². The molecule has 0 aliphatic heterocycles. The zero-order valence-electron chi connectivity index (χ0n) is 10.1. The van der Waals surface area contributed by atoms with Crippen LogP contribution in [0.5, 0.6) is 0 Å². The van der Waals surface area contributed by atoms with Crippen LogP contribution in [0.2, 0.25) is 0 Å². The summed E-state index contributed by atoms with van der Waals surface area (Å²) in [6, 6.07) is 3.84. The topological polar surface area (TPSA) is 33.4 Å². The molecule has 0 bridgehead atoms. The van der Waals surface area contributed by atoms with Gasteiger partial charge in [-0.15, -0.1) is 0 Å². The Bertz CT molecular complexity index is 391. The molecule has 0 spiro atoms. The quantitative estimate of drug-likeness (QED) is 0.802. The van der Waals surface area contributed by atoms with Crippen LogP contribution in [0.4, 0.5) is 0 Å². The summed E-state index contributed by atoms with van der Waals surface area (Å²) in [5.74, 6) is 2.12. The van der Waals surface area contributed by atoms with Gasteiger partial charge in [0.05, 0.1) is 12.4 Å². The van der Waals surface area contributed by atoms with Gasteiger partial charge in [-0.25, -0.2) is 0 Å². The van der Waals surface area contributed by atoms with Crippen molar-refractivity contribution >= 4 is 6.08 Å². The molecule has 3 atom stereocenters. The molecule has 1 aromatic heterocycles. The molecule has 2 aliphatic rings. The molecule has 17 heavy (non-hydrogen) atoms. The first-order chi connectivity index (χ1) is 8.34. The van der Waals surface area contributed by atoms with Crippen LogP contribution in [0.15, 0.2) is 28.4 Å². The Morgan fingerprint density at radius 3 is 2.94 bits per heavy atom. The average Bonchev–Trinajstić information content (AvgIpc) is 2.86. The zero-order valence-corrected chi connectivity index (χ0v) is 10.1. The van der Waals surface area contributed by atoms with Crippen molar-refractivity contribution in [1.29, 1.82) is 0 Å². The van der Waals surface area contributed by atoms with Crippen molar-refractivity contribution in [2.45, 2.75) is 44.6 Å². The van der Waals surface area contributed by atoms with Crippen LogP contribution in [0.3, 0.4) is 0 Å². The van der Waals surface area contributed by atoms with Gasteiger partial charge >= 0.3 is 0 Å². The highest BCUT2D eigenvalue weighted by Crippen LogP contribution is 2.43. The molecule has 0 aromatic carbocycles. The number of aliphatic hydroxyl groups excluding tert-OH is 1. The fraction of sp³-hybridized carbons (Fsp3) is 0.600. The minimum Gasteiger partial charge on any atom is -0.465 e. The van der Waals surface area contributed by atoms with E-state index in [2.05, 4.69) is 0 Å². The number of fused-ring (bicyclic) bond motifs is 1. The third-order valence-corrected chi connectivity index (χ3v) is 4.43. The van der Waals surface area contributed by atoms with Crippen molar-refractivity contribution < 1.29 is 9.52 Å². The molecule has 1 N–H and O–H groups in total. The van der Waals surface area contributed by atoms with E-state index in [0.29, 0.717) is 5.92 Å². The summed E-state index contributed by atoms with van der Waals surface area (Å²) in [6.07, 6.45) is 10.9. The van der Waals surface area contributed by atoms with E-state index in [-0.39, 0.29) is 6.10 Å². The standard InChI is InChI=1S/C15H20O2/c16-15-12(10-13-5-3-9-17-13)8-7-11-4-1-2-6-14(11)15/h3,5,9-11,14-16H,1-2,4,6-8H2/b12-10+. The van der Waals surface area contributed by atoms with E-state index in [1.807, 2.05) is 18.2 Å². The van der Waals surface area contributed by atoms with Crippen LogP contribution >= 0.6 is 0 Å². The maximum absolute atomic E-state index is 10.5. The van der Waals surface area contributed by atoms with Crippen molar-refractivity contribution in [1.82, 2.24) is 0 Å². The highest BCUT2D eigenvalue weighted by atomic mass is 16.3. The van der Waals surface area contributed by atoms with E-state index < -0.39 is 0 Å². The lowest BCUT2D eigenvalue weighted by Crippen LogP contribution is -2.36. The highest BCUT2D eigenvalue weighted by Gasteiger charge is 2.36. The number of rotatable bonds is 1. The minimum atomic E-state index is -0.237. The van der Waals surface area contributed by atoms with Crippen LogP contribution in [-0.4, -0.2) is 11.2 Å².